The summed E-state index contributed by atoms with van der Waals surface area (Å²) in [7, 11) is 0. The summed E-state index contributed by atoms with van der Waals surface area (Å²) >= 11 is 0. The number of amides is 1. The second kappa shape index (κ2) is 8.33. The van der Waals surface area contributed by atoms with E-state index in [-0.39, 0.29) is 12.2 Å². The van der Waals surface area contributed by atoms with E-state index in [2.05, 4.69) is 5.32 Å². The van der Waals surface area contributed by atoms with Gasteiger partial charge in [0.1, 0.15) is 0 Å². The molecule has 0 heterocycles. The van der Waals surface area contributed by atoms with Crippen molar-refractivity contribution in [3.05, 3.63) is 71.3 Å². The largest absolute Gasteiger partial charge is 0.463 e. The number of hydrogen-bond donors (Lipinski definition) is 1. The van der Waals surface area contributed by atoms with Crippen LogP contribution < -0.4 is 5.32 Å². The molecule has 0 aromatic heterocycles. The van der Waals surface area contributed by atoms with Crippen LogP contribution in [0.25, 0.3) is 6.08 Å². The van der Waals surface area contributed by atoms with Gasteiger partial charge in [0.25, 0.3) is 5.91 Å². The molecular weight excluding hydrogens is 347 g/mol. The number of halogens is 3. The number of benzene rings is 2. The fraction of sp³-hybridized carbons (Fsp3) is 0.158. The molecule has 0 bridgehead atoms. The lowest BCUT2D eigenvalue weighted by Gasteiger charge is -2.09. The first-order valence-corrected chi connectivity index (χ1v) is 7.73. The van der Waals surface area contributed by atoms with Crippen LogP contribution >= 0.6 is 0 Å². The highest BCUT2D eigenvalue weighted by atomic mass is 19.4. The second-order valence-corrected chi connectivity index (χ2v) is 5.24. The normalized spacial score (nSPS) is 11.4. The van der Waals surface area contributed by atoms with Crippen molar-refractivity contribution in [2.75, 3.05) is 11.9 Å². The van der Waals surface area contributed by atoms with Gasteiger partial charge in [-0.25, -0.2) is 4.79 Å². The number of hydrogen-bond acceptors (Lipinski definition) is 3. The zero-order chi connectivity index (χ0) is 19.2. The Bertz CT molecular complexity index is 829. The first-order valence-electron chi connectivity index (χ1n) is 7.73. The molecule has 26 heavy (non-hydrogen) atoms. The van der Waals surface area contributed by atoms with Gasteiger partial charge in [0, 0.05) is 17.3 Å². The van der Waals surface area contributed by atoms with Crippen LogP contribution in [0.4, 0.5) is 18.9 Å². The molecular formula is C19H16F3NO3. The molecule has 0 unspecified atom stereocenters. The molecule has 0 saturated carbocycles. The maximum atomic E-state index is 12.7. The Morgan fingerprint density at radius 3 is 2.54 bits per heavy atom. The zero-order valence-corrected chi connectivity index (χ0v) is 13.8. The van der Waals surface area contributed by atoms with E-state index in [9.17, 15) is 22.8 Å². The lowest BCUT2D eigenvalue weighted by atomic mass is 10.1. The topological polar surface area (TPSA) is 55.4 Å². The molecule has 1 amide bonds. The van der Waals surface area contributed by atoms with Crippen molar-refractivity contribution in [2.45, 2.75) is 13.1 Å². The molecule has 0 saturated heterocycles. The summed E-state index contributed by atoms with van der Waals surface area (Å²) in [6.07, 6.45) is -1.76. The SMILES string of the molecule is CCOC(=O)/C=C/c1cccc(NC(=O)c2cccc(C(F)(F)F)c2)c1. The number of nitrogens with one attached hydrogen (secondary N) is 1. The number of anilines is 1. The summed E-state index contributed by atoms with van der Waals surface area (Å²) in [6, 6.07) is 10.7. The van der Waals surface area contributed by atoms with E-state index in [4.69, 9.17) is 4.74 Å². The predicted molar refractivity (Wildman–Crippen MR) is 91.5 cm³/mol. The van der Waals surface area contributed by atoms with Gasteiger partial charge in [-0.2, -0.15) is 13.2 Å². The lowest BCUT2D eigenvalue weighted by molar-refractivity contribution is -0.138. The van der Waals surface area contributed by atoms with Crippen LogP contribution in [0.15, 0.2) is 54.6 Å². The van der Waals surface area contributed by atoms with Gasteiger partial charge < -0.3 is 10.1 Å². The van der Waals surface area contributed by atoms with Crippen LogP contribution in [-0.4, -0.2) is 18.5 Å². The van der Waals surface area contributed by atoms with Crippen molar-refractivity contribution in [2.24, 2.45) is 0 Å². The number of esters is 1. The highest BCUT2D eigenvalue weighted by molar-refractivity contribution is 6.04. The minimum absolute atomic E-state index is 0.104. The van der Waals surface area contributed by atoms with Gasteiger partial charge in [0.05, 0.1) is 12.2 Å². The molecule has 1 N–H and O–H groups in total. The first-order chi connectivity index (χ1) is 12.3. The van der Waals surface area contributed by atoms with Crippen LogP contribution in [-0.2, 0) is 15.7 Å². The Morgan fingerprint density at radius 1 is 1.12 bits per heavy atom. The van der Waals surface area contributed by atoms with E-state index in [0.717, 1.165) is 12.1 Å². The third-order valence-electron chi connectivity index (χ3n) is 3.30. The van der Waals surface area contributed by atoms with Crippen molar-refractivity contribution < 1.29 is 27.5 Å². The molecule has 0 aliphatic carbocycles. The first kappa shape index (κ1) is 19.2. The predicted octanol–water partition coefficient (Wildman–Crippen LogP) is 4.53. The number of ether oxygens (including phenoxy) is 1. The fourth-order valence-corrected chi connectivity index (χ4v) is 2.11. The smallest absolute Gasteiger partial charge is 0.416 e. The molecule has 0 radical (unpaired) electrons. The maximum Gasteiger partial charge on any atom is 0.416 e. The van der Waals surface area contributed by atoms with Gasteiger partial charge in [-0.05, 0) is 48.9 Å². The van der Waals surface area contributed by atoms with Gasteiger partial charge in [-0.3, -0.25) is 4.79 Å². The molecule has 0 aliphatic rings. The van der Waals surface area contributed by atoms with Crippen molar-refractivity contribution >= 4 is 23.6 Å². The van der Waals surface area contributed by atoms with E-state index in [0.29, 0.717) is 11.3 Å². The van der Waals surface area contributed by atoms with E-state index >= 15 is 0 Å². The molecule has 0 aliphatic heterocycles. The standard InChI is InChI=1S/C19H16F3NO3/c1-2-26-17(24)10-9-13-5-3-8-16(11-13)23-18(25)14-6-4-7-15(12-14)19(20,21)22/h3-12H,2H2,1H3,(H,23,25)/b10-9+. The average molecular weight is 363 g/mol. The van der Waals surface area contributed by atoms with Gasteiger partial charge in [0.15, 0.2) is 0 Å². The molecule has 2 aromatic rings. The molecule has 2 rings (SSSR count). The summed E-state index contributed by atoms with van der Waals surface area (Å²) in [4.78, 5) is 23.5. The summed E-state index contributed by atoms with van der Waals surface area (Å²) < 4.78 is 43.0. The molecule has 0 atom stereocenters. The van der Waals surface area contributed by atoms with Crippen LogP contribution in [0.2, 0.25) is 0 Å². The average Bonchev–Trinajstić information content (AvgIpc) is 2.60. The van der Waals surface area contributed by atoms with Crippen molar-refractivity contribution in [3.63, 3.8) is 0 Å². The molecule has 0 spiro atoms. The van der Waals surface area contributed by atoms with Crippen LogP contribution in [0.1, 0.15) is 28.4 Å². The Labute approximate surface area is 148 Å². The van der Waals surface area contributed by atoms with Gasteiger partial charge in [-0.1, -0.05) is 18.2 Å². The molecule has 7 heteroatoms. The van der Waals surface area contributed by atoms with Crippen molar-refractivity contribution in [1.29, 1.82) is 0 Å². The third-order valence-corrected chi connectivity index (χ3v) is 3.30. The summed E-state index contributed by atoms with van der Waals surface area (Å²) in [6.45, 7) is 1.95. The maximum absolute atomic E-state index is 12.7. The Hall–Kier alpha value is -3.09. The van der Waals surface area contributed by atoms with Gasteiger partial charge in [-0.15, -0.1) is 0 Å². The Balaban J connectivity index is 2.12. The van der Waals surface area contributed by atoms with Gasteiger partial charge in [0.2, 0.25) is 0 Å². The molecule has 4 nitrogen and oxygen atoms in total. The van der Waals surface area contributed by atoms with Crippen LogP contribution in [0.3, 0.4) is 0 Å². The molecule has 0 fully saturated rings. The summed E-state index contributed by atoms with van der Waals surface area (Å²) in [5.74, 6) is -1.16. The minimum atomic E-state index is -4.52. The number of carbonyl (C=O) groups excluding carboxylic acids is 2. The van der Waals surface area contributed by atoms with Crippen LogP contribution in [0.5, 0.6) is 0 Å². The quantitative estimate of drug-likeness (QED) is 0.627. The number of rotatable bonds is 5. The minimum Gasteiger partial charge on any atom is -0.463 e. The molecule has 2 aromatic carbocycles. The highest BCUT2D eigenvalue weighted by Gasteiger charge is 2.30. The number of carbonyl (C=O) groups is 2. The van der Waals surface area contributed by atoms with E-state index in [1.807, 2.05) is 0 Å². The summed E-state index contributed by atoms with van der Waals surface area (Å²) in [5.41, 5.74) is 0.0156. The third kappa shape index (κ3) is 5.47. The Morgan fingerprint density at radius 2 is 1.85 bits per heavy atom. The van der Waals surface area contributed by atoms with Gasteiger partial charge >= 0.3 is 12.1 Å². The highest BCUT2D eigenvalue weighted by Crippen LogP contribution is 2.29. The number of alkyl halides is 3. The monoisotopic (exact) mass is 363 g/mol. The van der Waals surface area contributed by atoms with E-state index in [1.165, 1.54) is 24.3 Å². The zero-order valence-electron chi connectivity index (χ0n) is 13.8. The van der Waals surface area contributed by atoms with E-state index in [1.54, 1.807) is 31.2 Å². The van der Waals surface area contributed by atoms with Crippen molar-refractivity contribution in [1.82, 2.24) is 0 Å². The second-order valence-electron chi connectivity index (χ2n) is 5.24. The summed E-state index contributed by atoms with van der Waals surface area (Å²) in [5, 5.41) is 2.53. The fourth-order valence-electron chi connectivity index (χ4n) is 2.11. The lowest BCUT2D eigenvalue weighted by Crippen LogP contribution is -2.14. The Kier molecular flexibility index (Phi) is 6.16. The van der Waals surface area contributed by atoms with Crippen molar-refractivity contribution in [3.8, 4) is 0 Å². The van der Waals surface area contributed by atoms with E-state index < -0.39 is 23.6 Å². The van der Waals surface area contributed by atoms with Crippen LogP contribution in [0, 0.1) is 0 Å². The molecule has 136 valence electrons.